The zero-order chi connectivity index (χ0) is 9.68. The molecule has 1 aromatic carbocycles. The molecule has 0 amide bonds. The molecule has 0 spiro atoms. The summed E-state index contributed by atoms with van der Waals surface area (Å²) in [7, 11) is 0. The van der Waals surface area contributed by atoms with E-state index in [0.717, 1.165) is 0 Å². The second kappa shape index (κ2) is 4.78. The zero-order valence-electron chi connectivity index (χ0n) is 6.68. The first-order chi connectivity index (χ1) is 6.29. The molecule has 0 heterocycles. The van der Waals surface area contributed by atoms with Crippen molar-refractivity contribution < 1.29 is 9.18 Å². The summed E-state index contributed by atoms with van der Waals surface area (Å²) < 4.78 is 13.0. The van der Waals surface area contributed by atoms with E-state index in [-0.39, 0.29) is 5.56 Å². The summed E-state index contributed by atoms with van der Waals surface area (Å²) in [6, 6.07) is 4.38. The van der Waals surface area contributed by atoms with Gasteiger partial charge in [0.05, 0.1) is 10.9 Å². The number of carbonyl (C=O) groups excluding carboxylic acids is 1. The molecular formula is C10H6BrFO. The summed E-state index contributed by atoms with van der Waals surface area (Å²) in [6.07, 6.45) is 0.480. The van der Waals surface area contributed by atoms with Gasteiger partial charge in [-0.05, 0) is 12.1 Å². The first kappa shape index (κ1) is 9.94. The Kier molecular flexibility index (Phi) is 3.66. The highest BCUT2D eigenvalue weighted by Gasteiger charge is 2.03. The van der Waals surface area contributed by atoms with Crippen molar-refractivity contribution in [1.82, 2.24) is 0 Å². The Morgan fingerprint density at radius 2 is 2.31 bits per heavy atom. The predicted octanol–water partition coefficient (Wildman–Crippen LogP) is 2.38. The molecule has 0 unspecified atom stereocenters. The van der Waals surface area contributed by atoms with Gasteiger partial charge in [0.1, 0.15) is 5.82 Å². The number of carbonyl (C=O) groups is 1. The lowest BCUT2D eigenvalue weighted by Gasteiger charge is -1.96. The molecule has 0 atom stereocenters. The molecule has 0 aliphatic carbocycles. The Morgan fingerprint density at radius 1 is 1.54 bits per heavy atom. The van der Waals surface area contributed by atoms with Crippen molar-refractivity contribution in [2.75, 3.05) is 5.33 Å². The minimum absolute atomic E-state index is 0.0240. The zero-order valence-corrected chi connectivity index (χ0v) is 8.27. The van der Waals surface area contributed by atoms with Crippen molar-refractivity contribution in [1.29, 1.82) is 0 Å². The fraction of sp³-hybridized carbons (Fsp3) is 0.100. The maximum Gasteiger partial charge on any atom is 0.154 e. The Hall–Kier alpha value is -1.14. The van der Waals surface area contributed by atoms with Crippen molar-refractivity contribution in [2.24, 2.45) is 0 Å². The number of benzene rings is 1. The predicted molar refractivity (Wildman–Crippen MR) is 52.5 cm³/mol. The lowest BCUT2D eigenvalue weighted by atomic mass is 10.1. The molecule has 0 bridgehead atoms. The van der Waals surface area contributed by atoms with Crippen LogP contribution in [0, 0.1) is 17.7 Å². The van der Waals surface area contributed by atoms with Gasteiger partial charge in [0.15, 0.2) is 6.29 Å². The Morgan fingerprint density at radius 3 is 2.92 bits per heavy atom. The minimum Gasteiger partial charge on any atom is -0.298 e. The first-order valence-electron chi connectivity index (χ1n) is 3.58. The van der Waals surface area contributed by atoms with Crippen LogP contribution in [0.2, 0.25) is 0 Å². The van der Waals surface area contributed by atoms with Gasteiger partial charge >= 0.3 is 0 Å². The molecule has 66 valence electrons. The summed E-state index contributed by atoms with van der Waals surface area (Å²) in [5, 5.41) is 0.502. The molecule has 1 nitrogen and oxygen atoms in total. The van der Waals surface area contributed by atoms with Crippen molar-refractivity contribution in [3.63, 3.8) is 0 Å². The maximum atomic E-state index is 13.0. The lowest BCUT2D eigenvalue weighted by molar-refractivity contribution is 0.111. The molecule has 1 rings (SSSR count). The van der Waals surface area contributed by atoms with E-state index in [4.69, 9.17) is 0 Å². The largest absolute Gasteiger partial charge is 0.298 e. The molecule has 1 aromatic rings. The van der Waals surface area contributed by atoms with E-state index in [0.29, 0.717) is 17.2 Å². The molecular weight excluding hydrogens is 235 g/mol. The topological polar surface area (TPSA) is 17.1 Å². The third-order valence-corrected chi connectivity index (χ3v) is 1.74. The Bertz CT molecular complexity index is 376. The molecule has 0 fully saturated rings. The van der Waals surface area contributed by atoms with Gasteiger partial charge in [-0.25, -0.2) is 4.39 Å². The van der Waals surface area contributed by atoms with E-state index in [1.807, 2.05) is 0 Å². The van der Waals surface area contributed by atoms with Crippen LogP contribution in [0.4, 0.5) is 4.39 Å². The molecule has 13 heavy (non-hydrogen) atoms. The second-order valence-electron chi connectivity index (χ2n) is 2.25. The van der Waals surface area contributed by atoms with Gasteiger partial charge in [0.2, 0.25) is 0 Å². The van der Waals surface area contributed by atoms with E-state index < -0.39 is 5.82 Å². The van der Waals surface area contributed by atoms with E-state index in [1.165, 1.54) is 12.1 Å². The summed E-state index contributed by atoms with van der Waals surface area (Å²) in [5.41, 5.74) is 0.449. The standard InChI is InChI=1S/C10H6BrFO/c11-6-2-4-8-3-1-5-10(12)9(8)7-13/h1,3,5,7H,6H2. The number of hydrogen-bond acceptors (Lipinski definition) is 1. The fourth-order valence-electron chi connectivity index (χ4n) is 0.894. The number of aldehydes is 1. The number of halogens is 2. The summed E-state index contributed by atoms with van der Waals surface area (Å²) >= 11 is 3.12. The van der Waals surface area contributed by atoms with Crippen LogP contribution in [0.1, 0.15) is 15.9 Å². The van der Waals surface area contributed by atoms with Gasteiger partial charge < -0.3 is 0 Å². The highest BCUT2D eigenvalue weighted by molar-refractivity contribution is 9.09. The van der Waals surface area contributed by atoms with Crippen molar-refractivity contribution in [3.8, 4) is 11.8 Å². The molecule has 0 N–H and O–H groups in total. The summed E-state index contributed by atoms with van der Waals surface area (Å²) in [6.45, 7) is 0. The SMILES string of the molecule is O=Cc1c(F)cccc1C#CCBr. The van der Waals surface area contributed by atoms with E-state index >= 15 is 0 Å². The Balaban J connectivity index is 3.20. The normalized spacial score (nSPS) is 8.77. The Labute approximate surface area is 84.1 Å². The average molecular weight is 241 g/mol. The summed E-state index contributed by atoms with van der Waals surface area (Å²) in [5.74, 6) is 4.86. The average Bonchev–Trinajstić information content (AvgIpc) is 2.15. The van der Waals surface area contributed by atoms with Crippen molar-refractivity contribution >= 4 is 22.2 Å². The number of hydrogen-bond donors (Lipinski definition) is 0. The fourth-order valence-corrected chi connectivity index (χ4v) is 1.03. The van der Waals surface area contributed by atoms with E-state index in [1.54, 1.807) is 6.07 Å². The number of rotatable bonds is 1. The molecule has 3 heteroatoms. The highest BCUT2D eigenvalue weighted by atomic mass is 79.9. The van der Waals surface area contributed by atoms with Gasteiger partial charge in [0.25, 0.3) is 0 Å². The monoisotopic (exact) mass is 240 g/mol. The van der Waals surface area contributed by atoms with Crippen LogP contribution in [-0.4, -0.2) is 11.6 Å². The third-order valence-electron chi connectivity index (χ3n) is 1.46. The van der Waals surface area contributed by atoms with Crippen molar-refractivity contribution in [3.05, 3.63) is 35.1 Å². The quantitative estimate of drug-likeness (QED) is 0.419. The molecule has 0 radical (unpaired) electrons. The molecule has 0 aromatic heterocycles. The van der Waals surface area contributed by atoms with Gasteiger partial charge in [-0.1, -0.05) is 33.8 Å². The highest BCUT2D eigenvalue weighted by Crippen LogP contribution is 2.09. The van der Waals surface area contributed by atoms with Crippen molar-refractivity contribution in [2.45, 2.75) is 0 Å². The third kappa shape index (κ3) is 2.40. The second-order valence-corrected chi connectivity index (χ2v) is 2.82. The van der Waals surface area contributed by atoms with E-state index in [9.17, 15) is 9.18 Å². The summed E-state index contributed by atoms with van der Waals surface area (Å²) in [4.78, 5) is 10.5. The molecule has 0 saturated carbocycles. The maximum absolute atomic E-state index is 13.0. The smallest absolute Gasteiger partial charge is 0.154 e. The van der Waals surface area contributed by atoms with Gasteiger partial charge in [0, 0.05) is 5.56 Å². The van der Waals surface area contributed by atoms with Crippen LogP contribution < -0.4 is 0 Å². The van der Waals surface area contributed by atoms with Crippen LogP contribution in [0.25, 0.3) is 0 Å². The van der Waals surface area contributed by atoms with Crippen LogP contribution in [0.5, 0.6) is 0 Å². The molecule has 0 saturated heterocycles. The first-order valence-corrected chi connectivity index (χ1v) is 4.70. The molecule has 0 aliphatic heterocycles. The molecule has 0 aliphatic rings. The van der Waals surface area contributed by atoms with E-state index in [2.05, 4.69) is 27.8 Å². The lowest BCUT2D eigenvalue weighted by Crippen LogP contribution is -1.92. The van der Waals surface area contributed by atoms with Crippen LogP contribution >= 0.6 is 15.9 Å². The van der Waals surface area contributed by atoms with Crippen LogP contribution in [0.15, 0.2) is 18.2 Å². The van der Waals surface area contributed by atoms with Gasteiger partial charge in [-0.2, -0.15) is 0 Å². The van der Waals surface area contributed by atoms with Gasteiger partial charge in [-0.3, -0.25) is 4.79 Å². The van der Waals surface area contributed by atoms with Crippen LogP contribution in [-0.2, 0) is 0 Å². The van der Waals surface area contributed by atoms with Crippen LogP contribution in [0.3, 0.4) is 0 Å². The van der Waals surface area contributed by atoms with Gasteiger partial charge in [-0.15, -0.1) is 0 Å². The minimum atomic E-state index is -0.531. The number of alkyl halides is 1.